The van der Waals surface area contributed by atoms with Crippen LogP contribution in [0.25, 0.3) is 0 Å². The number of hydrogen-bond acceptors (Lipinski definition) is 1. The Morgan fingerprint density at radius 2 is 2.07 bits per heavy atom. The van der Waals surface area contributed by atoms with E-state index >= 15 is 0 Å². The van der Waals surface area contributed by atoms with Crippen molar-refractivity contribution in [2.45, 2.75) is 25.9 Å². The van der Waals surface area contributed by atoms with Crippen LogP contribution < -0.4 is 5.32 Å². The molecule has 0 aromatic heterocycles. The van der Waals surface area contributed by atoms with Crippen molar-refractivity contribution < 1.29 is 13.2 Å². The second-order valence-corrected chi connectivity index (χ2v) is 3.66. The number of benzene rings is 1. The van der Waals surface area contributed by atoms with E-state index in [2.05, 4.69) is 5.32 Å². The average molecular weight is 238 g/mol. The lowest BCUT2D eigenvalue weighted by Crippen LogP contribution is -2.31. The van der Waals surface area contributed by atoms with E-state index in [1.54, 1.807) is 0 Å². The minimum absolute atomic E-state index is 0.000926. The molecule has 0 fully saturated rings. The topological polar surface area (TPSA) is 12.0 Å². The van der Waals surface area contributed by atoms with Gasteiger partial charge in [0.05, 0.1) is 11.1 Å². The summed E-state index contributed by atoms with van der Waals surface area (Å²) in [6.07, 6.45) is -2.42. The maximum absolute atomic E-state index is 12.8. The van der Waals surface area contributed by atoms with Crippen LogP contribution in [0.5, 0.6) is 0 Å². The Hall–Kier alpha value is -0.740. The Balaban J connectivity index is 2.55. The molecule has 0 saturated carbocycles. The van der Waals surface area contributed by atoms with Gasteiger partial charge in [-0.05, 0) is 24.6 Å². The van der Waals surface area contributed by atoms with Crippen molar-refractivity contribution in [1.82, 2.24) is 5.32 Å². The van der Waals surface area contributed by atoms with Gasteiger partial charge in [0.1, 0.15) is 5.82 Å². The molecule has 84 valence electrons. The summed E-state index contributed by atoms with van der Waals surface area (Å²) in [6.45, 7) is 1.63. The van der Waals surface area contributed by atoms with Gasteiger partial charge < -0.3 is 5.32 Å². The largest absolute Gasteiger partial charge is 0.305 e. The molecule has 0 spiro atoms. The number of nitrogens with one attached hydrogen (secondary N) is 1. The molecular weight excluding hydrogens is 227 g/mol. The molecule has 1 aromatic rings. The van der Waals surface area contributed by atoms with E-state index in [0.717, 1.165) is 0 Å². The van der Waals surface area contributed by atoms with Crippen LogP contribution in [0.2, 0.25) is 5.02 Å². The van der Waals surface area contributed by atoms with Gasteiger partial charge in [0, 0.05) is 6.54 Å². The summed E-state index contributed by atoms with van der Waals surface area (Å²) in [7, 11) is 0. The molecular formula is C10H11ClF3N. The molecule has 1 aromatic carbocycles. The minimum Gasteiger partial charge on any atom is -0.305 e. The molecule has 0 radical (unpaired) electrons. The normalized spacial score (nSPS) is 13.2. The number of hydrogen-bond donors (Lipinski definition) is 1. The van der Waals surface area contributed by atoms with Crippen molar-refractivity contribution in [2.75, 3.05) is 0 Å². The maximum Gasteiger partial charge on any atom is 0.253 e. The van der Waals surface area contributed by atoms with Crippen molar-refractivity contribution in [1.29, 1.82) is 0 Å². The summed E-state index contributed by atoms with van der Waals surface area (Å²) in [6, 6.07) is 3.25. The number of rotatable bonds is 4. The zero-order chi connectivity index (χ0) is 11.4. The third-order valence-corrected chi connectivity index (χ3v) is 2.28. The lowest BCUT2D eigenvalue weighted by Gasteiger charge is -2.12. The van der Waals surface area contributed by atoms with Gasteiger partial charge in [0.15, 0.2) is 0 Å². The van der Waals surface area contributed by atoms with Crippen molar-refractivity contribution in [3.05, 3.63) is 34.6 Å². The standard InChI is InChI=1S/C10H11ClF3N/c1-6(10(13)14)15-5-7-2-3-9(12)8(11)4-7/h2-4,6,10,15H,5H2,1H3. The zero-order valence-corrected chi connectivity index (χ0v) is 8.86. The molecule has 0 bridgehead atoms. The molecule has 0 amide bonds. The van der Waals surface area contributed by atoms with Crippen LogP contribution in [0, 0.1) is 5.82 Å². The van der Waals surface area contributed by atoms with Gasteiger partial charge >= 0.3 is 0 Å². The average Bonchev–Trinajstić information content (AvgIpc) is 2.19. The molecule has 1 nitrogen and oxygen atoms in total. The van der Waals surface area contributed by atoms with Crippen LogP contribution in [0.15, 0.2) is 18.2 Å². The fraction of sp³-hybridized carbons (Fsp3) is 0.400. The fourth-order valence-electron chi connectivity index (χ4n) is 1.02. The molecule has 1 rings (SSSR count). The van der Waals surface area contributed by atoms with E-state index in [9.17, 15) is 13.2 Å². The summed E-state index contributed by atoms with van der Waals surface area (Å²) in [4.78, 5) is 0. The van der Waals surface area contributed by atoms with Gasteiger partial charge in [0.25, 0.3) is 6.43 Å². The quantitative estimate of drug-likeness (QED) is 0.848. The summed E-state index contributed by atoms with van der Waals surface area (Å²) in [5.74, 6) is -0.512. The van der Waals surface area contributed by atoms with Gasteiger partial charge in [0.2, 0.25) is 0 Å². The van der Waals surface area contributed by atoms with Crippen LogP contribution in [0.3, 0.4) is 0 Å². The lowest BCUT2D eigenvalue weighted by molar-refractivity contribution is 0.105. The van der Waals surface area contributed by atoms with Crippen molar-refractivity contribution in [3.63, 3.8) is 0 Å². The lowest BCUT2D eigenvalue weighted by atomic mass is 10.2. The first-order chi connectivity index (χ1) is 7.00. The monoisotopic (exact) mass is 237 g/mol. The molecule has 1 atom stereocenters. The molecule has 1 unspecified atom stereocenters. The van der Waals surface area contributed by atoms with Gasteiger partial charge in [-0.1, -0.05) is 17.7 Å². The first-order valence-corrected chi connectivity index (χ1v) is 4.84. The first-order valence-electron chi connectivity index (χ1n) is 4.46. The number of halogens is 4. The van der Waals surface area contributed by atoms with E-state index in [4.69, 9.17) is 11.6 Å². The van der Waals surface area contributed by atoms with Crippen molar-refractivity contribution in [2.24, 2.45) is 0 Å². The van der Waals surface area contributed by atoms with Crippen LogP contribution in [-0.2, 0) is 6.54 Å². The Morgan fingerprint density at radius 3 is 2.60 bits per heavy atom. The molecule has 5 heteroatoms. The summed E-state index contributed by atoms with van der Waals surface area (Å²) < 4.78 is 37.0. The Kier molecular flexibility index (Phi) is 4.42. The predicted molar refractivity (Wildman–Crippen MR) is 53.7 cm³/mol. The first kappa shape index (κ1) is 12.3. The van der Waals surface area contributed by atoms with Crippen LogP contribution >= 0.6 is 11.6 Å². The summed E-state index contributed by atoms with van der Waals surface area (Å²) in [5, 5.41) is 2.61. The third-order valence-electron chi connectivity index (χ3n) is 1.99. The van der Waals surface area contributed by atoms with Crippen molar-refractivity contribution >= 4 is 11.6 Å². The van der Waals surface area contributed by atoms with E-state index in [1.807, 2.05) is 0 Å². The van der Waals surface area contributed by atoms with E-state index in [-0.39, 0.29) is 11.6 Å². The molecule has 1 N–H and O–H groups in total. The second kappa shape index (κ2) is 5.37. The van der Waals surface area contributed by atoms with Gasteiger partial charge in [-0.3, -0.25) is 0 Å². The molecule has 0 aliphatic carbocycles. The van der Waals surface area contributed by atoms with E-state index < -0.39 is 18.3 Å². The van der Waals surface area contributed by atoms with Gasteiger partial charge in [-0.25, -0.2) is 13.2 Å². The van der Waals surface area contributed by atoms with Crippen molar-refractivity contribution in [3.8, 4) is 0 Å². The maximum atomic E-state index is 12.8. The van der Waals surface area contributed by atoms with E-state index in [0.29, 0.717) is 5.56 Å². The minimum atomic E-state index is -2.42. The summed E-state index contributed by atoms with van der Waals surface area (Å²) in [5.41, 5.74) is 0.675. The summed E-state index contributed by atoms with van der Waals surface area (Å²) >= 11 is 5.54. The van der Waals surface area contributed by atoms with Gasteiger partial charge in [-0.2, -0.15) is 0 Å². The number of alkyl halides is 2. The highest BCUT2D eigenvalue weighted by Crippen LogP contribution is 2.16. The van der Waals surface area contributed by atoms with Gasteiger partial charge in [-0.15, -0.1) is 0 Å². The Bertz CT molecular complexity index is 330. The SMILES string of the molecule is CC(NCc1ccc(F)c(Cl)c1)C(F)F. The molecule has 0 saturated heterocycles. The highest BCUT2D eigenvalue weighted by molar-refractivity contribution is 6.30. The predicted octanol–water partition coefficient (Wildman–Crippen LogP) is 3.22. The third kappa shape index (κ3) is 3.72. The molecule has 0 aliphatic rings. The zero-order valence-electron chi connectivity index (χ0n) is 8.11. The highest BCUT2D eigenvalue weighted by atomic mass is 35.5. The Morgan fingerprint density at radius 1 is 1.40 bits per heavy atom. The fourth-order valence-corrected chi connectivity index (χ4v) is 1.22. The van der Waals surface area contributed by atoms with Crippen LogP contribution in [-0.4, -0.2) is 12.5 Å². The van der Waals surface area contributed by atoms with E-state index in [1.165, 1.54) is 25.1 Å². The second-order valence-electron chi connectivity index (χ2n) is 3.25. The molecule has 0 aliphatic heterocycles. The molecule has 0 heterocycles. The molecule has 15 heavy (non-hydrogen) atoms. The highest BCUT2D eigenvalue weighted by Gasteiger charge is 2.13. The van der Waals surface area contributed by atoms with Crippen LogP contribution in [0.4, 0.5) is 13.2 Å². The van der Waals surface area contributed by atoms with Crippen LogP contribution in [0.1, 0.15) is 12.5 Å². The smallest absolute Gasteiger partial charge is 0.253 e. The Labute approximate surface area is 91.2 Å².